The van der Waals surface area contributed by atoms with Crippen molar-refractivity contribution in [3.05, 3.63) is 28.2 Å². The Balaban J connectivity index is 2.01. The summed E-state index contributed by atoms with van der Waals surface area (Å²) in [7, 11) is 0. The van der Waals surface area contributed by atoms with Crippen LogP contribution in [0.4, 0.5) is 5.69 Å². The van der Waals surface area contributed by atoms with Gasteiger partial charge in [-0.15, -0.1) is 0 Å². The second-order valence-corrected chi connectivity index (χ2v) is 5.68. The van der Waals surface area contributed by atoms with Crippen LogP contribution in [-0.4, -0.2) is 18.5 Å². The highest BCUT2D eigenvalue weighted by molar-refractivity contribution is 9.10. The van der Waals surface area contributed by atoms with E-state index in [1.807, 2.05) is 25.1 Å². The van der Waals surface area contributed by atoms with Crippen molar-refractivity contribution < 1.29 is 4.79 Å². The molecule has 1 unspecified atom stereocenters. The van der Waals surface area contributed by atoms with Gasteiger partial charge < -0.3 is 10.6 Å². The molecule has 0 saturated carbocycles. The minimum Gasteiger partial charge on any atom is -0.324 e. The summed E-state index contributed by atoms with van der Waals surface area (Å²) in [6, 6.07) is 5.89. The molecule has 1 fully saturated rings. The van der Waals surface area contributed by atoms with Gasteiger partial charge in [0.1, 0.15) is 0 Å². The normalized spacial score (nSPS) is 20.2. The molecular formula is C14H19BrN2O. The van der Waals surface area contributed by atoms with E-state index < -0.39 is 0 Å². The minimum absolute atomic E-state index is 0.0549. The van der Waals surface area contributed by atoms with Gasteiger partial charge in [-0.2, -0.15) is 0 Å². The molecule has 1 aliphatic rings. The third-order valence-corrected chi connectivity index (χ3v) is 3.92. The van der Waals surface area contributed by atoms with Crippen LogP contribution in [0.15, 0.2) is 22.7 Å². The lowest BCUT2D eigenvalue weighted by molar-refractivity contribution is -0.118. The van der Waals surface area contributed by atoms with Gasteiger partial charge in [-0.25, -0.2) is 0 Å². The van der Waals surface area contributed by atoms with Gasteiger partial charge in [0.15, 0.2) is 0 Å². The first-order valence-electron chi connectivity index (χ1n) is 6.47. The van der Waals surface area contributed by atoms with Crippen molar-refractivity contribution in [2.24, 2.45) is 0 Å². The van der Waals surface area contributed by atoms with Crippen LogP contribution < -0.4 is 10.6 Å². The van der Waals surface area contributed by atoms with Crippen molar-refractivity contribution in [1.29, 1.82) is 0 Å². The summed E-state index contributed by atoms with van der Waals surface area (Å²) in [6.07, 6.45) is 4.43. The lowest BCUT2D eigenvalue weighted by Gasteiger charge is -2.16. The van der Waals surface area contributed by atoms with Crippen molar-refractivity contribution in [2.75, 3.05) is 11.9 Å². The van der Waals surface area contributed by atoms with Crippen LogP contribution in [0.3, 0.4) is 0 Å². The number of aryl methyl sites for hydroxylation is 1. The third kappa shape index (κ3) is 3.56. The molecule has 1 aromatic carbocycles. The lowest BCUT2D eigenvalue weighted by Crippen LogP contribution is -2.39. The molecular weight excluding hydrogens is 292 g/mol. The molecule has 0 bridgehead atoms. The van der Waals surface area contributed by atoms with Gasteiger partial charge in [0, 0.05) is 4.47 Å². The Labute approximate surface area is 116 Å². The van der Waals surface area contributed by atoms with E-state index in [9.17, 15) is 4.79 Å². The highest BCUT2D eigenvalue weighted by Crippen LogP contribution is 2.23. The topological polar surface area (TPSA) is 41.1 Å². The molecule has 0 spiro atoms. The molecule has 1 heterocycles. The predicted octanol–water partition coefficient (Wildman–Crippen LogP) is 3.23. The Morgan fingerprint density at radius 2 is 2.22 bits per heavy atom. The average molecular weight is 311 g/mol. The molecule has 18 heavy (non-hydrogen) atoms. The standard InChI is InChI=1S/C14H19BrN2O/c1-10-6-7-12(11(15)9-10)17-14(18)13-5-3-2-4-8-16-13/h6-7,9,13,16H,2-5,8H2,1H3,(H,17,18). The molecule has 1 saturated heterocycles. The summed E-state index contributed by atoms with van der Waals surface area (Å²) in [6.45, 7) is 2.97. The second kappa shape index (κ2) is 6.34. The van der Waals surface area contributed by atoms with Crippen molar-refractivity contribution in [3.63, 3.8) is 0 Å². The van der Waals surface area contributed by atoms with Gasteiger partial charge >= 0.3 is 0 Å². The Hall–Kier alpha value is -0.870. The van der Waals surface area contributed by atoms with Gasteiger partial charge in [0.25, 0.3) is 0 Å². The van der Waals surface area contributed by atoms with E-state index in [0.717, 1.165) is 36.0 Å². The monoisotopic (exact) mass is 310 g/mol. The van der Waals surface area contributed by atoms with Crippen molar-refractivity contribution in [3.8, 4) is 0 Å². The molecule has 0 aromatic heterocycles. The van der Waals surface area contributed by atoms with Crippen LogP contribution >= 0.6 is 15.9 Å². The smallest absolute Gasteiger partial charge is 0.241 e. The van der Waals surface area contributed by atoms with E-state index >= 15 is 0 Å². The number of anilines is 1. The van der Waals surface area contributed by atoms with Crippen molar-refractivity contribution in [2.45, 2.75) is 38.6 Å². The van der Waals surface area contributed by atoms with Gasteiger partial charge in [-0.3, -0.25) is 4.79 Å². The van der Waals surface area contributed by atoms with E-state index in [1.165, 1.54) is 12.0 Å². The maximum Gasteiger partial charge on any atom is 0.241 e. The molecule has 0 aliphatic carbocycles. The maximum atomic E-state index is 12.2. The van der Waals surface area contributed by atoms with Gasteiger partial charge in [-0.05, 0) is 59.9 Å². The van der Waals surface area contributed by atoms with Gasteiger partial charge in [0.05, 0.1) is 11.7 Å². The Kier molecular flexibility index (Phi) is 4.78. The number of hydrogen-bond acceptors (Lipinski definition) is 2. The van der Waals surface area contributed by atoms with Gasteiger partial charge in [-0.1, -0.05) is 18.9 Å². The summed E-state index contributed by atoms with van der Waals surface area (Å²) in [4.78, 5) is 12.2. The number of amides is 1. The van der Waals surface area contributed by atoms with Crippen molar-refractivity contribution in [1.82, 2.24) is 5.32 Å². The fourth-order valence-corrected chi connectivity index (χ4v) is 2.79. The Bertz CT molecular complexity index is 426. The van der Waals surface area contributed by atoms with Crippen LogP contribution in [0, 0.1) is 6.92 Å². The molecule has 1 atom stereocenters. The zero-order chi connectivity index (χ0) is 13.0. The molecule has 0 radical (unpaired) electrons. The SMILES string of the molecule is Cc1ccc(NC(=O)C2CCCCCN2)c(Br)c1. The van der Waals surface area contributed by atoms with Crippen molar-refractivity contribution >= 4 is 27.5 Å². The highest BCUT2D eigenvalue weighted by Gasteiger charge is 2.19. The molecule has 2 rings (SSSR count). The summed E-state index contributed by atoms with van der Waals surface area (Å²) in [5.41, 5.74) is 2.02. The minimum atomic E-state index is -0.0549. The number of halogens is 1. The molecule has 3 nitrogen and oxygen atoms in total. The zero-order valence-corrected chi connectivity index (χ0v) is 12.2. The Morgan fingerprint density at radius 1 is 1.39 bits per heavy atom. The highest BCUT2D eigenvalue weighted by atomic mass is 79.9. The molecule has 98 valence electrons. The summed E-state index contributed by atoms with van der Waals surface area (Å²) in [5, 5.41) is 6.29. The van der Waals surface area contributed by atoms with Crippen LogP contribution in [0.1, 0.15) is 31.2 Å². The summed E-state index contributed by atoms with van der Waals surface area (Å²) in [5.74, 6) is 0.0708. The molecule has 4 heteroatoms. The first-order chi connectivity index (χ1) is 8.66. The molecule has 1 aliphatic heterocycles. The second-order valence-electron chi connectivity index (χ2n) is 4.83. The van der Waals surface area contributed by atoms with E-state index in [1.54, 1.807) is 0 Å². The number of carbonyl (C=O) groups excluding carboxylic acids is 1. The van der Waals surface area contributed by atoms with Crippen LogP contribution in [0.5, 0.6) is 0 Å². The maximum absolute atomic E-state index is 12.2. The van der Waals surface area contributed by atoms with E-state index in [4.69, 9.17) is 0 Å². The van der Waals surface area contributed by atoms with E-state index in [2.05, 4.69) is 26.6 Å². The largest absolute Gasteiger partial charge is 0.324 e. The fraction of sp³-hybridized carbons (Fsp3) is 0.500. The third-order valence-electron chi connectivity index (χ3n) is 3.26. The van der Waals surface area contributed by atoms with Crippen LogP contribution in [0.2, 0.25) is 0 Å². The molecule has 2 N–H and O–H groups in total. The number of hydrogen-bond donors (Lipinski definition) is 2. The first-order valence-corrected chi connectivity index (χ1v) is 7.26. The Morgan fingerprint density at radius 3 is 3.00 bits per heavy atom. The van der Waals surface area contributed by atoms with E-state index in [0.29, 0.717) is 0 Å². The van der Waals surface area contributed by atoms with Crippen LogP contribution in [0.25, 0.3) is 0 Å². The molecule has 1 amide bonds. The quantitative estimate of drug-likeness (QED) is 0.880. The molecule has 1 aromatic rings. The average Bonchev–Trinajstić information content (AvgIpc) is 2.61. The number of nitrogens with one attached hydrogen (secondary N) is 2. The van der Waals surface area contributed by atoms with Crippen LogP contribution in [-0.2, 0) is 4.79 Å². The van der Waals surface area contributed by atoms with E-state index in [-0.39, 0.29) is 11.9 Å². The van der Waals surface area contributed by atoms with Gasteiger partial charge in [0.2, 0.25) is 5.91 Å². The fourth-order valence-electron chi connectivity index (χ4n) is 2.19. The number of benzene rings is 1. The number of carbonyl (C=O) groups is 1. The predicted molar refractivity (Wildman–Crippen MR) is 77.8 cm³/mol. The summed E-state index contributed by atoms with van der Waals surface area (Å²) < 4.78 is 0.935. The zero-order valence-electron chi connectivity index (χ0n) is 10.6. The first kappa shape index (κ1) is 13.6. The number of rotatable bonds is 2. The summed E-state index contributed by atoms with van der Waals surface area (Å²) >= 11 is 3.48. The lowest BCUT2D eigenvalue weighted by atomic mass is 10.1.